The van der Waals surface area contributed by atoms with Gasteiger partial charge in [0.05, 0.1) is 18.7 Å². The van der Waals surface area contributed by atoms with Gasteiger partial charge in [0.15, 0.2) is 0 Å². The lowest BCUT2D eigenvalue weighted by Gasteiger charge is -2.43. The van der Waals surface area contributed by atoms with Crippen LogP contribution in [-0.2, 0) is 15.1 Å². The second-order valence-corrected chi connectivity index (χ2v) is 7.97. The number of esters is 1. The van der Waals surface area contributed by atoms with Crippen molar-refractivity contribution in [3.8, 4) is 17.2 Å². The monoisotopic (exact) mass is 406 g/mol. The Bertz CT molecular complexity index is 1180. The van der Waals surface area contributed by atoms with Gasteiger partial charge in [0.25, 0.3) is 0 Å². The fourth-order valence-electron chi connectivity index (χ4n) is 5.32. The third-order valence-electron chi connectivity index (χ3n) is 6.49. The summed E-state index contributed by atoms with van der Waals surface area (Å²) in [6, 6.07) is 28.8. The molecule has 3 aromatic rings. The summed E-state index contributed by atoms with van der Waals surface area (Å²) >= 11 is 0. The summed E-state index contributed by atoms with van der Waals surface area (Å²) in [5, 5.41) is 9.30. The number of ether oxygens (including phenoxy) is 1. The molecule has 0 unspecified atom stereocenters. The van der Waals surface area contributed by atoms with Gasteiger partial charge in [-0.3, -0.25) is 9.69 Å². The number of hydrogen-bond acceptors (Lipinski definition) is 4. The Morgan fingerprint density at radius 3 is 2.16 bits per heavy atom. The van der Waals surface area contributed by atoms with E-state index in [4.69, 9.17) is 4.74 Å². The van der Waals surface area contributed by atoms with Gasteiger partial charge in [0.2, 0.25) is 0 Å². The number of benzene rings is 3. The largest absolute Gasteiger partial charge is 0.468 e. The number of methoxy groups -OCH3 is 1. The number of allylic oxidation sites excluding steroid dienone is 1. The Morgan fingerprint density at radius 2 is 1.58 bits per heavy atom. The van der Waals surface area contributed by atoms with Crippen molar-refractivity contribution in [2.24, 2.45) is 0 Å². The number of carbonyl (C=O) groups is 1. The predicted molar refractivity (Wildman–Crippen MR) is 119 cm³/mol. The van der Waals surface area contributed by atoms with E-state index in [0.717, 1.165) is 22.3 Å². The number of rotatable bonds is 3. The first-order valence-corrected chi connectivity index (χ1v) is 10.4. The van der Waals surface area contributed by atoms with Crippen LogP contribution in [-0.4, -0.2) is 30.6 Å². The van der Waals surface area contributed by atoms with Gasteiger partial charge in [-0.1, -0.05) is 78.9 Å². The number of nitrogens with zero attached hydrogens (tertiary/aromatic N) is 2. The highest BCUT2D eigenvalue weighted by Gasteiger charge is 2.54. The van der Waals surface area contributed by atoms with E-state index >= 15 is 0 Å². The molecule has 5 rings (SSSR count). The number of carbonyl (C=O) groups excluding carboxylic acids is 1. The van der Waals surface area contributed by atoms with Crippen molar-refractivity contribution in [2.45, 2.75) is 18.0 Å². The van der Waals surface area contributed by atoms with Gasteiger partial charge in [-0.25, -0.2) is 0 Å². The molecular weight excluding hydrogens is 384 g/mol. The van der Waals surface area contributed by atoms with Crippen molar-refractivity contribution in [1.29, 1.82) is 5.26 Å². The van der Waals surface area contributed by atoms with Crippen LogP contribution >= 0.6 is 0 Å². The van der Waals surface area contributed by atoms with Gasteiger partial charge in [-0.05, 0) is 39.8 Å². The van der Waals surface area contributed by atoms with Crippen molar-refractivity contribution in [2.75, 3.05) is 13.7 Å². The molecule has 1 atom stereocenters. The molecule has 0 bridgehead atoms. The van der Waals surface area contributed by atoms with Crippen LogP contribution in [0.4, 0.5) is 0 Å². The Hall–Kier alpha value is -3.68. The molecule has 0 saturated carbocycles. The summed E-state index contributed by atoms with van der Waals surface area (Å²) in [4.78, 5) is 15.2. The van der Waals surface area contributed by atoms with Gasteiger partial charge >= 0.3 is 5.97 Å². The molecule has 4 heteroatoms. The summed E-state index contributed by atoms with van der Waals surface area (Å²) in [6.07, 6.45) is 2.06. The standard InChI is InChI=1S/C27H22N2O2/c1-31-26(30)25-17-19(15-16-28)18-29(25)27(20-9-3-2-4-10-20)23-13-7-5-11-21(23)22-12-6-8-14-24(22)27/h2-15,25H,17-18H2,1H3/b19-15+/t25-/m0/s1. The summed E-state index contributed by atoms with van der Waals surface area (Å²) in [5.41, 5.74) is 6.02. The van der Waals surface area contributed by atoms with E-state index < -0.39 is 11.6 Å². The molecule has 0 N–H and O–H groups in total. The molecule has 4 nitrogen and oxygen atoms in total. The third kappa shape index (κ3) is 2.74. The maximum Gasteiger partial charge on any atom is 0.323 e. The Kier molecular flexibility index (Phi) is 4.69. The summed E-state index contributed by atoms with van der Waals surface area (Å²) < 4.78 is 5.22. The van der Waals surface area contributed by atoms with E-state index in [0.29, 0.717) is 13.0 Å². The van der Waals surface area contributed by atoms with Crippen molar-refractivity contribution in [3.05, 3.63) is 107 Å². The molecular formula is C27H22N2O2. The highest BCUT2D eigenvalue weighted by molar-refractivity contribution is 5.85. The van der Waals surface area contributed by atoms with Crippen LogP contribution in [0.3, 0.4) is 0 Å². The number of hydrogen-bond donors (Lipinski definition) is 0. The molecule has 1 saturated heterocycles. The SMILES string of the molecule is COC(=O)[C@@H]1C/C(=C\C#N)CN1C1(c2ccccc2)c2ccccc2-c2ccccc21. The average molecular weight is 406 g/mol. The topological polar surface area (TPSA) is 53.3 Å². The Morgan fingerprint density at radius 1 is 1.00 bits per heavy atom. The molecule has 0 spiro atoms. The zero-order chi connectivity index (χ0) is 21.4. The Labute approximate surface area is 182 Å². The highest BCUT2D eigenvalue weighted by atomic mass is 16.5. The molecule has 0 amide bonds. The average Bonchev–Trinajstić information content (AvgIpc) is 3.37. The van der Waals surface area contributed by atoms with Crippen molar-refractivity contribution in [3.63, 3.8) is 0 Å². The molecule has 0 radical (unpaired) electrons. The van der Waals surface area contributed by atoms with Crippen LogP contribution in [0.2, 0.25) is 0 Å². The minimum atomic E-state index is -0.654. The van der Waals surface area contributed by atoms with Crippen LogP contribution in [0.5, 0.6) is 0 Å². The van der Waals surface area contributed by atoms with Crippen LogP contribution < -0.4 is 0 Å². The smallest absolute Gasteiger partial charge is 0.323 e. The molecule has 3 aromatic carbocycles. The molecule has 152 valence electrons. The number of fused-ring (bicyclic) bond motifs is 3. The van der Waals surface area contributed by atoms with Gasteiger partial charge in [-0.2, -0.15) is 5.26 Å². The summed E-state index contributed by atoms with van der Waals surface area (Å²) in [5.74, 6) is -0.279. The lowest BCUT2D eigenvalue weighted by Crippen LogP contribution is -2.52. The van der Waals surface area contributed by atoms with E-state index in [1.54, 1.807) is 6.08 Å². The van der Waals surface area contributed by atoms with E-state index in [1.165, 1.54) is 18.2 Å². The highest BCUT2D eigenvalue weighted by Crippen LogP contribution is 2.56. The minimum absolute atomic E-state index is 0.279. The maximum atomic E-state index is 13.0. The fourth-order valence-corrected chi connectivity index (χ4v) is 5.32. The molecule has 1 aliphatic carbocycles. The second kappa shape index (κ2) is 7.54. The fraction of sp³-hybridized carbons (Fsp3) is 0.185. The molecule has 0 aromatic heterocycles. The number of likely N-dealkylation sites (tertiary alicyclic amines) is 1. The zero-order valence-electron chi connectivity index (χ0n) is 17.3. The lowest BCUT2D eigenvalue weighted by molar-refractivity contribution is -0.147. The van der Waals surface area contributed by atoms with Crippen LogP contribution in [0.1, 0.15) is 23.1 Å². The van der Waals surface area contributed by atoms with Crippen LogP contribution in [0.25, 0.3) is 11.1 Å². The molecule has 31 heavy (non-hydrogen) atoms. The molecule has 1 heterocycles. The first-order chi connectivity index (χ1) is 15.2. The molecule has 2 aliphatic rings. The zero-order valence-corrected chi connectivity index (χ0v) is 17.3. The van der Waals surface area contributed by atoms with Crippen molar-refractivity contribution in [1.82, 2.24) is 4.90 Å². The van der Waals surface area contributed by atoms with E-state index in [2.05, 4.69) is 71.6 Å². The van der Waals surface area contributed by atoms with E-state index in [9.17, 15) is 10.1 Å². The van der Waals surface area contributed by atoms with E-state index in [1.807, 2.05) is 18.2 Å². The normalized spacial score (nSPS) is 20.1. The van der Waals surface area contributed by atoms with Gasteiger partial charge in [0.1, 0.15) is 6.04 Å². The summed E-state index contributed by atoms with van der Waals surface area (Å²) in [7, 11) is 1.43. The van der Waals surface area contributed by atoms with E-state index in [-0.39, 0.29) is 5.97 Å². The maximum absolute atomic E-state index is 13.0. The first-order valence-electron chi connectivity index (χ1n) is 10.4. The first kappa shape index (κ1) is 19.3. The quantitative estimate of drug-likeness (QED) is 0.469. The molecule has 1 aliphatic heterocycles. The summed E-state index contributed by atoms with van der Waals surface area (Å²) in [6.45, 7) is 0.519. The van der Waals surface area contributed by atoms with Crippen LogP contribution in [0, 0.1) is 11.3 Å². The third-order valence-corrected chi connectivity index (χ3v) is 6.49. The van der Waals surface area contributed by atoms with Gasteiger partial charge < -0.3 is 4.74 Å². The minimum Gasteiger partial charge on any atom is -0.468 e. The van der Waals surface area contributed by atoms with Crippen molar-refractivity contribution < 1.29 is 9.53 Å². The number of nitriles is 1. The Balaban J connectivity index is 1.86. The second-order valence-electron chi connectivity index (χ2n) is 7.97. The van der Waals surface area contributed by atoms with Crippen LogP contribution in [0.15, 0.2) is 90.5 Å². The van der Waals surface area contributed by atoms with Gasteiger partial charge in [-0.15, -0.1) is 0 Å². The van der Waals surface area contributed by atoms with Crippen molar-refractivity contribution >= 4 is 5.97 Å². The van der Waals surface area contributed by atoms with Gasteiger partial charge in [0, 0.05) is 12.6 Å². The predicted octanol–water partition coefficient (Wildman–Crippen LogP) is 4.66. The molecule has 1 fully saturated rings. The lowest BCUT2D eigenvalue weighted by atomic mass is 9.78.